The lowest BCUT2D eigenvalue weighted by Gasteiger charge is -2.21. The summed E-state index contributed by atoms with van der Waals surface area (Å²) in [6.07, 6.45) is 0.869. The molecule has 9 nitrogen and oxygen atoms in total. The number of nitrogens with zero attached hydrogens (tertiary/aromatic N) is 6. The lowest BCUT2D eigenvalue weighted by atomic mass is 10.2. The Morgan fingerprint density at radius 2 is 1.97 bits per heavy atom. The van der Waals surface area contributed by atoms with Crippen LogP contribution in [0.25, 0.3) is 11.5 Å². The maximum absolute atomic E-state index is 12.7. The molecule has 3 aromatic rings. The SMILES string of the molecule is Cc1noc(C)c1-c1nc(CN2CCCN(C(=O)c3cccc(Br)n3)CC2)no1. The molecule has 0 unspecified atom stereocenters. The Labute approximate surface area is 176 Å². The third kappa shape index (κ3) is 4.38. The number of amides is 1. The Morgan fingerprint density at radius 1 is 1.10 bits per heavy atom. The number of aryl methyl sites for hydroxylation is 2. The molecule has 0 atom stereocenters. The summed E-state index contributed by atoms with van der Waals surface area (Å²) < 4.78 is 11.2. The van der Waals surface area contributed by atoms with E-state index in [4.69, 9.17) is 9.05 Å². The molecule has 0 radical (unpaired) electrons. The molecule has 1 saturated heterocycles. The van der Waals surface area contributed by atoms with Gasteiger partial charge in [0.15, 0.2) is 5.82 Å². The summed E-state index contributed by atoms with van der Waals surface area (Å²) in [6, 6.07) is 5.37. The van der Waals surface area contributed by atoms with E-state index in [9.17, 15) is 4.79 Å². The predicted octanol–water partition coefficient (Wildman–Crippen LogP) is 2.85. The van der Waals surface area contributed by atoms with Gasteiger partial charge in [0.25, 0.3) is 11.8 Å². The molecule has 152 valence electrons. The topological polar surface area (TPSA) is 101 Å². The highest BCUT2D eigenvalue weighted by Gasteiger charge is 2.23. The van der Waals surface area contributed by atoms with Crippen molar-refractivity contribution in [3.63, 3.8) is 0 Å². The highest BCUT2D eigenvalue weighted by molar-refractivity contribution is 9.10. The second kappa shape index (κ2) is 8.42. The van der Waals surface area contributed by atoms with Gasteiger partial charge < -0.3 is 13.9 Å². The van der Waals surface area contributed by atoms with Gasteiger partial charge in [-0.2, -0.15) is 4.98 Å². The molecule has 1 fully saturated rings. The van der Waals surface area contributed by atoms with Gasteiger partial charge in [-0.15, -0.1) is 0 Å². The molecule has 0 aliphatic carbocycles. The normalized spacial score (nSPS) is 15.5. The highest BCUT2D eigenvalue weighted by Crippen LogP contribution is 2.25. The van der Waals surface area contributed by atoms with E-state index in [-0.39, 0.29) is 5.91 Å². The van der Waals surface area contributed by atoms with Crippen LogP contribution in [0.2, 0.25) is 0 Å². The summed E-state index contributed by atoms with van der Waals surface area (Å²) in [6.45, 7) is 7.13. The van der Waals surface area contributed by atoms with Gasteiger partial charge in [0.1, 0.15) is 21.6 Å². The summed E-state index contributed by atoms with van der Waals surface area (Å²) in [5.74, 6) is 1.63. The number of carbonyl (C=O) groups excluding carboxylic acids is 1. The van der Waals surface area contributed by atoms with Gasteiger partial charge in [-0.1, -0.05) is 16.4 Å². The first kappa shape index (κ1) is 19.7. The highest BCUT2D eigenvalue weighted by atomic mass is 79.9. The van der Waals surface area contributed by atoms with E-state index < -0.39 is 0 Å². The first-order valence-electron chi connectivity index (χ1n) is 9.41. The number of hydrogen-bond donors (Lipinski definition) is 0. The Morgan fingerprint density at radius 3 is 2.72 bits per heavy atom. The lowest BCUT2D eigenvalue weighted by molar-refractivity contribution is 0.0755. The fraction of sp³-hybridized carbons (Fsp3) is 0.421. The lowest BCUT2D eigenvalue weighted by Crippen LogP contribution is -2.35. The van der Waals surface area contributed by atoms with E-state index in [1.807, 2.05) is 30.9 Å². The first-order chi connectivity index (χ1) is 14.0. The summed E-state index contributed by atoms with van der Waals surface area (Å²) in [7, 11) is 0. The molecular weight excluding hydrogens is 440 g/mol. The molecule has 0 saturated carbocycles. The fourth-order valence-electron chi connectivity index (χ4n) is 3.43. The van der Waals surface area contributed by atoms with E-state index in [1.54, 1.807) is 6.07 Å². The van der Waals surface area contributed by atoms with Crippen LogP contribution in [0, 0.1) is 13.8 Å². The van der Waals surface area contributed by atoms with Crippen LogP contribution in [0.15, 0.2) is 31.8 Å². The monoisotopic (exact) mass is 460 g/mol. The molecule has 4 heterocycles. The van der Waals surface area contributed by atoms with Gasteiger partial charge in [0.05, 0.1) is 12.2 Å². The molecule has 29 heavy (non-hydrogen) atoms. The Kier molecular flexibility index (Phi) is 5.72. The van der Waals surface area contributed by atoms with E-state index >= 15 is 0 Å². The summed E-state index contributed by atoms with van der Waals surface area (Å²) in [5, 5.41) is 8.02. The van der Waals surface area contributed by atoms with Crippen LogP contribution >= 0.6 is 15.9 Å². The number of aromatic nitrogens is 4. The van der Waals surface area contributed by atoms with Gasteiger partial charge in [-0.25, -0.2) is 4.98 Å². The van der Waals surface area contributed by atoms with Crippen molar-refractivity contribution in [1.82, 2.24) is 30.1 Å². The van der Waals surface area contributed by atoms with Gasteiger partial charge in [-0.05, 0) is 48.3 Å². The first-order valence-corrected chi connectivity index (χ1v) is 10.2. The minimum atomic E-state index is -0.0478. The molecular formula is C19H21BrN6O3. The van der Waals surface area contributed by atoms with Crippen LogP contribution in [-0.2, 0) is 6.54 Å². The third-order valence-electron chi connectivity index (χ3n) is 4.89. The zero-order valence-corrected chi connectivity index (χ0v) is 17.8. The number of rotatable bonds is 4. The second-order valence-electron chi connectivity index (χ2n) is 6.98. The Balaban J connectivity index is 1.39. The third-order valence-corrected chi connectivity index (χ3v) is 5.33. The summed E-state index contributed by atoms with van der Waals surface area (Å²) in [5.41, 5.74) is 1.93. The number of halogens is 1. The van der Waals surface area contributed by atoms with Crippen LogP contribution in [0.1, 0.15) is 34.2 Å². The Bertz CT molecular complexity index is 998. The van der Waals surface area contributed by atoms with Crippen molar-refractivity contribution in [2.45, 2.75) is 26.8 Å². The summed E-state index contributed by atoms with van der Waals surface area (Å²) >= 11 is 3.32. The maximum atomic E-state index is 12.7. The molecule has 0 spiro atoms. The van der Waals surface area contributed by atoms with Crippen LogP contribution in [0.3, 0.4) is 0 Å². The smallest absolute Gasteiger partial charge is 0.272 e. The largest absolute Gasteiger partial charge is 0.361 e. The van der Waals surface area contributed by atoms with Crippen molar-refractivity contribution in [1.29, 1.82) is 0 Å². The maximum Gasteiger partial charge on any atom is 0.272 e. The van der Waals surface area contributed by atoms with Crippen molar-refractivity contribution >= 4 is 21.8 Å². The van der Waals surface area contributed by atoms with Crippen LogP contribution < -0.4 is 0 Å². The standard InChI is InChI=1S/C19H21BrN6O3/c1-12-17(13(2)28-23-12)18-22-16(24-29-18)11-25-7-4-8-26(10-9-25)19(27)14-5-3-6-15(20)21-14/h3,5-6H,4,7-11H2,1-2H3. The minimum Gasteiger partial charge on any atom is -0.361 e. The molecule has 0 N–H and O–H groups in total. The van der Waals surface area contributed by atoms with E-state index in [0.717, 1.165) is 30.8 Å². The van der Waals surface area contributed by atoms with E-state index in [1.165, 1.54) is 0 Å². The van der Waals surface area contributed by atoms with Gasteiger partial charge in [0, 0.05) is 26.2 Å². The number of carbonyl (C=O) groups is 1. The van der Waals surface area contributed by atoms with E-state index in [0.29, 0.717) is 47.4 Å². The summed E-state index contributed by atoms with van der Waals surface area (Å²) in [4.78, 5) is 25.6. The zero-order chi connectivity index (χ0) is 20.4. The van der Waals surface area contributed by atoms with Crippen LogP contribution in [0.4, 0.5) is 0 Å². The zero-order valence-electron chi connectivity index (χ0n) is 16.3. The molecule has 1 aliphatic rings. The van der Waals surface area contributed by atoms with Crippen molar-refractivity contribution < 1.29 is 13.8 Å². The minimum absolute atomic E-state index is 0.0478. The van der Waals surface area contributed by atoms with Gasteiger partial charge in [0.2, 0.25) is 0 Å². The molecule has 1 aliphatic heterocycles. The van der Waals surface area contributed by atoms with Gasteiger partial charge >= 0.3 is 0 Å². The number of hydrogen-bond acceptors (Lipinski definition) is 8. The second-order valence-corrected chi connectivity index (χ2v) is 7.79. The molecule has 4 rings (SSSR count). The molecule has 3 aromatic heterocycles. The molecule has 0 bridgehead atoms. The quantitative estimate of drug-likeness (QED) is 0.547. The van der Waals surface area contributed by atoms with Crippen molar-refractivity contribution in [3.8, 4) is 11.5 Å². The average molecular weight is 461 g/mol. The predicted molar refractivity (Wildman–Crippen MR) is 107 cm³/mol. The van der Waals surface area contributed by atoms with Crippen molar-refractivity contribution in [2.75, 3.05) is 26.2 Å². The van der Waals surface area contributed by atoms with Crippen LogP contribution in [0.5, 0.6) is 0 Å². The molecule has 0 aromatic carbocycles. The van der Waals surface area contributed by atoms with Crippen molar-refractivity contribution in [2.24, 2.45) is 0 Å². The van der Waals surface area contributed by atoms with E-state index in [2.05, 4.69) is 41.1 Å². The van der Waals surface area contributed by atoms with Gasteiger partial charge in [-0.3, -0.25) is 9.69 Å². The molecule has 10 heteroatoms. The van der Waals surface area contributed by atoms with Crippen molar-refractivity contribution in [3.05, 3.63) is 45.8 Å². The molecule has 1 amide bonds. The fourth-order valence-corrected chi connectivity index (χ4v) is 3.77. The Hall–Kier alpha value is -2.59. The number of pyridine rings is 1. The average Bonchev–Trinajstić information content (AvgIpc) is 3.20. The van der Waals surface area contributed by atoms with Crippen LogP contribution in [-0.4, -0.2) is 62.2 Å².